The van der Waals surface area contributed by atoms with Crippen molar-refractivity contribution in [3.8, 4) is 0 Å². The first-order valence-electron chi connectivity index (χ1n) is 11.2. The number of nitrogens with zero attached hydrogens (tertiary/aromatic N) is 4. The molecule has 5 rings (SSSR count). The van der Waals surface area contributed by atoms with Gasteiger partial charge in [-0.05, 0) is 43.5 Å². The third-order valence-electron chi connectivity index (χ3n) is 6.04. The van der Waals surface area contributed by atoms with Crippen molar-refractivity contribution in [1.29, 1.82) is 0 Å². The number of amides is 1. The molecule has 4 aromatic rings. The van der Waals surface area contributed by atoms with E-state index in [4.69, 9.17) is 0 Å². The van der Waals surface area contributed by atoms with E-state index in [2.05, 4.69) is 10.1 Å². The number of aryl methyl sites for hydroxylation is 1. The number of hydrogen-bond donors (Lipinski definition) is 0. The predicted octanol–water partition coefficient (Wildman–Crippen LogP) is 5.87. The Morgan fingerprint density at radius 2 is 1.71 bits per heavy atom. The number of carbonyl (C=O) groups excluding carboxylic acids is 1. The Labute approximate surface area is 194 Å². The summed E-state index contributed by atoms with van der Waals surface area (Å²) in [7, 11) is 0. The molecule has 0 spiro atoms. The summed E-state index contributed by atoms with van der Waals surface area (Å²) in [4.78, 5) is 19.6. The molecule has 1 fully saturated rings. The Hall–Kier alpha value is -3.68. The molecule has 0 aliphatic heterocycles. The molecule has 1 aliphatic rings. The summed E-state index contributed by atoms with van der Waals surface area (Å²) in [6, 6.07) is 19.9. The van der Waals surface area contributed by atoms with E-state index in [0.717, 1.165) is 24.5 Å². The number of aromatic nitrogens is 3. The second-order valence-electron chi connectivity index (χ2n) is 8.61. The molecule has 0 radical (unpaired) electrons. The van der Waals surface area contributed by atoms with Gasteiger partial charge in [-0.3, -0.25) is 4.79 Å². The lowest BCUT2D eigenvalue weighted by atomic mass is 10.1. The van der Waals surface area contributed by atoms with E-state index >= 15 is 0 Å². The third kappa shape index (κ3) is 4.40. The van der Waals surface area contributed by atoms with Crippen LogP contribution in [-0.2, 0) is 24.1 Å². The topological polar surface area (TPSA) is 51.0 Å². The van der Waals surface area contributed by atoms with E-state index < -0.39 is 11.7 Å². The smallest absolute Gasteiger partial charge is 0.306 e. The number of halogens is 3. The molecule has 1 aliphatic carbocycles. The normalized spacial score (nSPS) is 13.9. The molecule has 1 amide bonds. The molecule has 1 saturated carbocycles. The maximum atomic E-state index is 13.9. The fourth-order valence-electron chi connectivity index (χ4n) is 4.21. The van der Waals surface area contributed by atoms with Crippen molar-refractivity contribution in [3.05, 3.63) is 89.2 Å². The molecule has 2 aromatic heterocycles. The summed E-state index contributed by atoms with van der Waals surface area (Å²) >= 11 is 0. The Bertz CT molecular complexity index is 1330. The van der Waals surface area contributed by atoms with Crippen molar-refractivity contribution in [2.24, 2.45) is 0 Å². The van der Waals surface area contributed by atoms with E-state index in [1.54, 1.807) is 4.90 Å². The molecule has 0 bridgehead atoms. The largest absolute Gasteiger partial charge is 0.417 e. The highest BCUT2D eigenvalue weighted by atomic mass is 19.4. The molecule has 174 valence electrons. The summed E-state index contributed by atoms with van der Waals surface area (Å²) in [5, 5.41) is 4.27. The number of para-hydroxylation sites is 1. The highest BCUT2D eigenvalue weighted by Crippen LogP contribution is 2.43. The minimum Gasteiger partial charge on any atom is -0.306 e. The first kappa shape index (κ1) is 22.1. The van der Waals surface area contributed by atoms with Gasteiger partial charge in [0.05, 0.1) is 23.2 Å². The minimum atomic E-state index is -4.53. The van der Waals surface area contributed by atoms with Gasteiger partial charge in [0.15, 0.2) is 5.65 Å². The van der Waals surface area contributed by atoms with Gasteiger partial charge < -0.3 is 4.90 Å². The van der Waals surface area contributed by atoms with Crippen LogP contribution in [0.3, 0.4) is 0 Å². The van der Waals surface area contributed by atoms with Gasteiger partial charge in [-0.15, -0.1) is 0 Å². The lowest BCUT2D eigenvalue weighted by molar-refractivity contribution is -0.136. The quantitative estimate of drug-likeness (QED) is 0.359. The van der Waals surface area contributed by atoms with Crippen LogP contribution in [0.2, 0.25) is 0 Å². The molecular formula is C26H23F3N4O. The van der Waals surface area contributed by atoms with E-state index in [9.17, 15) is 18.0 Å². The molecule has 0 N–H and O–H groups in total. The van der Waals surface area contributed by atoms with Crippen LogP contribution in [-0.4, -0.2) is 20.7 Å². The maximum Gasteiger partial charge on any atom is 0.417 e. The number of pyridine rings is 1. The van der Waals surface area contributed by atoms with Crippen LogP contribution in [0, 0.1) is 6.92 Å². The molecule has 8 heteroatoms. The average molecular weight is 464 g/mol. The number of alkyl halides is 3. The van der Waals surface area contributed by atoms with Crippen LogP contribution < -0.4 is 4.90 Å². The summed E-state index contributed by atoms with van der Waals surface area (Å²) in [5.74, 6) is -0.254. The van der Waals surface area contributed by atoms with Gasteiger partial charge in [0.1, 0.15) is 6.54 Å². The van der Waals surface area contributed by atoms with E-state index in [0.29, 0.717) is 17.9 Å². The van der Waals surface area contributed by atoms with Gasteiger partial charge in [-0.1, -0.05) is 48.5 Å². The number of fused-ring (bicyclic) bond motifs is 1. The van der Waals surface area contributed by atoms with Gasteiger partial charge in [-0.2, -0.15) is 18.3 Å². The van der Waals surface area contributed by atoms with E-state index in [1.807, 2.05) is 60.7 Å². The number of carbonyl (C=O) groups is 1. The SMILES string of the molecule is Cc1nn(CC(=O)N(Cc2ccccc2)c2ccccc2)c2nc(C3CC3)cc(C(F)(F)F)c12. The van der Waals surface area contributed by atoms with E-state index in [1.165, 1.54) is 11.6 Å². The van der Waals surface area contributed by atoms with Gasteiger partial charge in [-0.25, -0.2) is 9.67 Å². The molecule has 2 heterocycles. The van der Waals surface area contributed by atoms with Crippen LogP contribution in [0.15, 0.2) is 66.7 Å². The number of hydrogen-bond acceptors (Lipinski definition) is 3. The van der Waals surface area contributed by atoms with Crippen molar-refractivity contribution < 1.29 is 18.0 Å². The first-order valence-corrected chi connectivity index (χ1v) is 11.2. The van der Waals surface area contributed by atoms with Gasteiger partial charge in [0.25, 0.3) is 0 Å². The second-order valence-corrected chi connectivity index (χ2v) is 8.61. The zero-order valence-electron chi connectivity index (χ0n) is 18.6. The van der Waals surface area contributed by atoms with Crippen LogP contribution in [0.4, 0.5) is 18.9 Å². The molecule has 0 unspecified atom stereocenters. The highest BCUT2D eigenvalue weighted by molar-refractivity contribution is 5.94. The summed E-state index contributed by atoms with van der Waals surface area (Å²) in [6.07, 6.45) is -2.89. The second kappa shape index (κ2) is 8.59. The lowest BCUT2D eigenvalue weighted by Crippen LogP contribution is -2.33. The van der Waals surface area contributed by atoms with E-state index in [-0.39, 0.29) is 35.1 Å². The average Bonchev–Trinajstić information content (AvgIpc) is 3.63. The van der Waals surface area contributed by atoms with Crippen molar-refractivity contribution >= 4 is 22.6 Å². The lowest BCUT2D eigenvalue weighted by Gasteiger charge is -2.23. The molecule has 2 aromatic carbocycles. The minimum absolute atomic E-state index is 0.0313. The Morgan fingerprint density at radius 3 is 2.32 bits per heavy atom. The molecule has 5 nitrogen and oxygen atoms in total. The molecule has 0 saturated heterocycles. The Balaban J connectivity index is 1.54. The Kier molecular flexibility index (Phi) is 5.59. The standard InChI is InChI=1S/C26H23F3N4O/c1-17-24-21(26(27,28)29)14-22(19-12-13-19)30-25(24)33(31-17)16-23(34)32(20-10-6-3-7-11-20)15-18-8-4-2-5-9-18/h2-11,14,19H,12-13,15-16H2,1H3. The fraction of sp³-hybridized carbons (Fsp3) is 0.269. The molecule has 0 atom stereocenters. The van der Waals surface area contributed by atoms with Gasteiger partial charge in [0.2, 0.25) is 5.91 Å². The summed E-state index contributed by atoms with van der Waals surface area (Å²) < 4.78 is 43.0. The summed E-state index contributed by atoms with van der Waals surface area (Å²) in [5.41, 5.74) is 1.63. The fourth-order valence-corrected chi connectivity index (χ4v) is 4.21. The third-order valence-corrected chi connectivity index (χ3v) is 6.04. The van der Waals surface area contributed by atoms with Crippen molar-refractivity contribution in [2.45, 2.75) is 44.9 Å². The molecule has 34 heavy (non-hydrogen) atoms. The zero-order chi connectivity index (χ0) is 23.9. The van der Waals surface area contributed by atoms with Gasteiger partial charge in [0, 0.05) is 17.3 Å². The highest BCUT2D eigenvalue weighted by Gasteiger charge is 2.37. The summed E-state index contributed by atoms with van der Waals surface area (Å²) in [6.45, 7) is 1.64. The zero-order valence-corrected chi connectivity index (χ0v) is 18.6. The maximum absolute atomic E-state index is 13.9. The molecular weight excluding hydrogens is 441 g/mol. The van der Waals surface area contributed by atoms with Crippen molar-refractivity contribution in [3.63, 3.8) is 0 Å². The monoisotopic (exact) mass is 464 g/mol. The number of anilines is 1. The number of benzene rings is 2. The Morgan fingerprint density at radius 1 is 1.06 bits per heavy atom. The van der Waals surface area contributed by atoms with Crippen LogP contribution >= 0.6 is 0 Å². The van der Waals surface area contributed by atoms with Crippen molar-refractivity contribution in [2.75, 3.05) is 4.90 Å². The van der Waals surface area contributed by atoms with Crippen LogP contribution in [0.25, 0.3) is 11.0 Å². The van der Waals surface area contributed by atoms with Crippen LogP contribution in [0.1, 0.15) is 41.3 Å². The van der Waals surface area contributed by atoms with Crippen molar-refractivity contribution in [1.82, 2.24) is 14.8 Å². The predicted molar refractivity (Wildman–Crippen MR) is 123 cm³/mol. The van der Waals surface area contributed by atoms with Gasteiger partial charge >= 0.3 is 6.18 Å². The number of rotatable bonds is 6. The van der Waals surface area contributed by atoms with Crippen LogP contribution in [0.5, 0.6) is 0 Å². The first-order chi connectivity index (χ1) is 16.3.